The normalized spacial score (nSPS) is 16.2. The second-order valence-corrected chi connectivity index (χ2v) is 5.71. The van der Waals surface area contributed by atoms with Crippen LogP contribution < -0.4 is 5.32 Å². The van der Waals surface area contributed by atoms with E-state index in [2.05, 4.69) is 45.0 Å². The van der Waals surface area contributed by atoms with Crippen LogP contribution in [0.5, 0.6) is 0 Å². The average molecular weight is 246 g/mol. The number of methoxy groups -OCH3 is 2. The van der Waals surface area contributed by atoms with Gasteiger partial charge in [0.25, 0.3) is 0 Å². The molecule has 0 saturated heterocycles. The number of nitrogens with one attached hydrogen (secondary N) is 1. The molecule has 0 aromatic rings. The molecule has 2 atom stereocenters. The van der Waals surface area contributed by atoms with Crippen LogP contribution in [0.3, 0.4) is 0 Å². The SMILES string of the molecule is COCC(C)N(C)C(CNC(C)(C)C)COC. The lowest BCUT2D eigenvalue weighted by atomic mass is 10.1. The van der Waals surface area contributed by atoms with Gasteiger partial charge in [0, 0.05) is 38.4 Å². The average Bonchev–Trinajstić information content (AvgIpc) is 2.22. The number of ether oxygens (including phenoxy) is 2. The topological polar surface area (TPSA) is 33.7 Å². The standard InChI is InChI=1S/C13H30N2O2/c1-11(9-16-6)15(5)12(10-17-7)8-14-13(2,3)4/h11-12,14H,8-10H2,1-7H3. The molecule has 0 aliphatic rings. The van der Waals surface area contributed by atoms with Gasteiger partial charge in [-0.25, -0.2) is 0 Å². The Balaban J connectivity index is 4.29. The lowest BCUT2D eigenvalue weighted by Crippen LogP contribution is -2.51. The Morgan fingerprint density at radius 3 is 2.06 bits per heavy atom. The third kappa shape index (κ3) is 7.71. The van der Waals surface area contributed by atoms with Gasteiger partial charge in [0.05, 0.1) is 13.2 Å². The molecule has 0 fully saturated rings. The van der Waals surface area contributed by atoms with Crippen molar-refractivity contribution >= 4 is 0 Å². The molecule has 0 bridgehead atoms. The van der Waals surface area contributed by atoms with Crippen LogP contribution in [-0.4, -0.2) is 63.5 Å². The van der Waals surface area contributed by atoms with Gasteiger partial charge in [0.1, 0.15) is 0 Å². The first-order chi connectivity index (χ1) is 7.81. The molecule has 0 rings (SSSR count). The molecular weight excluding hydrogens is 216 g/mol. The fourth-order valence-corrected chi connectivity index (χ4v) is 1.66. The van der Waals surface area contributed by atoms with Crippen LogP contribution in [0.15, 0.2) is 0 Å². The summed E-state index contributed by atoms with van der Waals surface area (Å²) in [6.07, 6.45) is 0. The Labute approximate surface area is 107 Å². The summed E-state index contributed by atoms with van der Waals surface area (Å²) in [5.41, 5.74) is 0.136. The zero-order chi connectivity index (χ0) is 13.5. The van der Waals surface area contributed by atoms with E-state index in [1.807, 2.05) is 0 Å². The molecule has 104 valence electrons. The maximum absolute atomic E-state index is 5.30. The van der Waals surface area contributed by atoms with Crippen molar-refractivity contribution in [3.8, 4) is 0 Å². The zero-order valence-corrected chi connectivity index (χ0v) is 12.5. The Bertz CT molecular complexity index is 192. The predicted octanol–water partition coefficient (Wildman–Crippen LogP) is 1.36. The minimum Gasteiger partial charge on any atom is -0.383 e. The third-order valence-electron chi connectivity index (χ3n) is 2.91. The monoisotopic (exact) mass is 246 g/mol. The van der Waals surface area contributed by atoms with Crippen LogP contribution in [0, 0.1) is 0 Å². The van der Waals surface area contributed by atoms with Crippen molar-refractivity contribution in [3.63, 3.8) is 0 Å². The fourth-order valence-electron chi connectivity index (χ4n) is 1.66. The number of hydrogen-bond donors (Lipinski definition) is 1. The van der Waals surface area contributed by atoms with Gasteiger partial charge in [-0.2, -0.15) is 0 Å². The third-order valence-corrected chi connectivity index (χ3v) is 2.91. The first-order valence-electron chi connectivity index (χ1n) is 6.26. The minimum absolute atomic E-state index is 0.136. The molecule has 0 aromatic carbocycles. The van der Waals surface area contributed by atoms with Crippen molar-refractivity contribution in [1.82, 2.24) is 10.2 Å². The van der Waals surface area contributed by atoms with Gasteiger partial charge in [-0.05, 0) is 34.7 Å². The zero-order valence-electron chi connectivity index (χ0n) is 12.5. The molecule has 0 aromatic heterocycles. The van der Waals surface area contributed by atoms with E-state index in [4.69, 9.17) is 9.47 Å². The Morgan fingerprint density at radius 1 is 1.12 bits per heavy atom. The largest absolute Gasteiger partial charge is 0.383 e. The molecule has 0 radical (unpaired) electrons. The van der Waals surface area contributed by atoms with Gasteiger partial charge >= 0.3 is 0 Å². The fraction of sp³-hybridized carbons (Fsp3) is 1.00. The quantitative estimate of drug-likeness (QED) is 0.701. The molecule has 2 unspecified atom stereocenters. The second-order valence-electron chi connectivity index (χ2n) is 5.71. The number of rotatable bonds is 8. The summed E-state index contributed by atoms with van der Waals surface area (Å²) in [4.78, 5) is 2.31. The van der Waals surface area contributed by atoms with Gasteiger partial charge in [-0.1, -0.05) is 0 Å². The summed E-state index contributed by atoms with van der Waals surface area (Å²) in [5.74, 6) is 0. The lowest BCUT2D eigenvalue weighted by molar-refractivity contribution is 0.0476. The maximum Gasteiger partial charge on any atom is 0.0630 e. The van der Waals surface area contributed by atoms with E-state index in [9.17, 15) is 0 Å². The van der Waals surface area contributed by atoms with Crippen LogP contribution in [0.25, 0.3) is 0 Å². The molecule has 0 heterocycles. The van der Waals surface area contributed by atoms with Crippen LogP contribution in [0.2, 0.25) is 0 Å². The van der Waals surface area contributed by atoms with Crippen LogP contribution >= 0.6 is 0 Å². The molecule has 0 spiro atoms. The van der Waals surface area contributed by atoms with Crippen molar-refractivity contribution in [3.05, 3.63) is 0 Å². The van der Waals surface area contributed by atoms with Gasteiger partial charge in [-0.3, -0.25) is 4.90 Å². The van der Waals surface area contributed by atoms with Crippen molar-refractivity contribution in [2.24, 2.45) is 0 Å². The van der Waals surface area contributed by atoms with Crippen molar-refractivity contribution in [2.45, 2.75) is 45.3 Å². The molecule has 4 heteroatoms. The van der Waals surface area contributed by atoms with E-state index in [1.165, 1.54) is 0 Å². The first-order valence-corrected chi connectivity index (χ1v) is 6.26. The number of likely N-dealkylation sites (N-methyl/N-ethyl adjacent to an activating group) is 1. The highest BCUT2D eigenvalue weighted by Crippen LogP contribution is 2.06. The molecule has 0 amide bonds. The van der Waals surface area contributed by atoms with E-state index < -0.39 is 0 Å². The Kier molecular flexibility index (Phi) is 7.96. The molecule has 17 heavy (non-hydrogen) atoms. The Morgan fingerprint density at radius 2 is 1.65 bits per heavy atom. The van der Waals surface area contributed by atoms with Gasteiger partial charge in [-0.15, -0.1) is 0 Å². The van der Waals surface area contributed by atoms with Gasteiger partial charge in [0.2, 0.25) is 0 Å². The second kappa shape index (κ2) is 8.03. The molecule has 0 saturated carbocycles. The van der Waals surface area contributed by atoms with E-state index in [0.717, 1.165) is 19.8 Å². The first kappa shape index (κ1) is 16.8. The summed E-state index contributed by atoms with van der Waals surface area (Å²) in [7, 11) is 5.61. The van der Waals surface area contributed by atoms with Crippen molar-refractivity contribution in [2.75, 3.05) is 41.0 Å². The minimum atomic E-state index is 0.136. The molecule has 0 aliphatic heterocycles. The summed E-state index contributed by atoms with van der Waals surface area (Å²) in [6.45, 7) is 11.1. The van der Waals surface area contributed by atoms with Crippen molar-refractivity contribution in [1.29, 1.82) is 0 Å². The van der Waals surface area contributed by atoms with Gasteiger partial charge in [0.15, 0.2) is 0 Å². The van der Waals surface area contributed by atoms with Crippen molar-refractivity contribution < 1.29 is 9.47 Å². The lowest BCUT2D eigenvalue weighted by Gasteiger charge is -2.34. The number of hydrogen-bond acceptors (Lipinski definition) is 4. The highest BCUT2D eigenvalue weighted by atomic mass is 16.5. The summed E-state index contributed by atoms with van der Waals surface area (Å²) >= 11 is 0. The van der Waals surface area contributed by atoms with Crippen LogP contribution in [0.4, 0.5) is 0 Å². The van der Waals surface area contributed by atoms with Crippen LogP contribution in [-0.2, 0) is 9.47 Å². The van der Waals surface area contributed by atoms with E-state index in [1.54, 1.807) is 14.2 Å². The van der Waals surface area contributed by atoms with Gasteiger partial charge < -0.3 is 14.8 Å². The smallest absolute Gasteiger partial charge is 0.0630 e. The molecule has 4 nitrogen and oxygen atoms in total. The van der Waals surface area contributed by atoms with E-state index in [-0.39, 0.29) is 5.54 Å². The predicted molar refractivity (Wildman–Crippen MR) is 72.5 cm³/mol. The Hall–Kier alpha value is -0.160. The summed E-state index contributed by atoms with van der Waals surface area (Å²) in [6, 6.07) is 0.756. The molecule has 1 N–H and O–H groups in total. The summed E-state index contributed by atoms with van der Waals surface area (Å²) < 4.78 is 10.5. The van der Waals surface area contributed by atoms with Crippen LogP contribution in [0.1, 0.15) is 27.7 Å². The molecular formula is C13H30N2O2. The van der Waals surface area contributed by atoms with E-state index >= 15 is 0 Å². The van der Waals surface area contributed by atoms with E-state index in [0.29, 0.717) is 12.1 Å². The maximum atomic E-state index is 5.30. The summed E-state index contributed by atoms with van der Waals surface area (Å²) in [5, 5.41) is 3.52. The number of nitrogens with zero attached hydrogens (tertiary/aromatic N) is 1. The molecule has 0 aliphatic carbocycles. The highest BCUT2D eigenvalue weighted by molar-refractivity contribution is 4.80. The highest BCUT2D eigenvalue weighted by Gasteiger charge is 2.21.